The quantitative estimate of drug-likeness (QED) is 0.130. The SMILES string of the molecule is COc1cc(NC(=O)c2cc(=O)c3ccccc3o2)c(C(=O)Nc2ccc(CCN(Cc3ccc4cnn(C)c4c3)Cc3cncs3)cc2)cc1OC. The monoisotopic (exact) mass is 728 g/mol. The van der Waals surface area contributed by atoms with Crippen LogP contribution in [0.25, 0.3) is 21.9 Å². The lowest BCUT2D eigenvalue weighted by molar-refractivity contribution is 0.0997. The minimum atomic E-state index is -0.708. The highest BCUT2D eigenvalue weighted by Crippen LogP contribution is 2.34. The Hall–Kier alpha value is -6.31. The summed E-state index contributed by atoms with van der Waals surface area (Å²) in [5.41, 5.74) is 6.00. The van der Waals surface area contributed by atoms with E-state index in [1.807, 2.05) is 53.9 Å². The molecule has 2 amide bonds. The molecule has 0 saturated heterocycles. The second-order valence-electron chi connectivity index (χ2n) is 12.4. The molecule has 0 fully saturated rings. The number of methoxy groups -OCH3 is 2. The van der Waals surface area contributed by atoms with Gasteiger partial charge in [-0.2, -0.15) is 5.10 Å². The zero-order valence-electron chi connectivity index (χ0n) is 29.3. The summed E-state index contributed by atoms with van der Waals surface area (Å²) in [7, 11) is 4.86. The Morgan fingerprint density at radius 3 is 2.42 bits per heavy atom. The average molecular weight is 729 g/mol. The molecule has 0 atom stereocenters. The Balaban J connectivity index is 1.05. The van der Waals surface area contributed by atoms with Crippen LogP contribution in [0.3, 0.4) is 0 Å². The van der Waals surface area contributed by atoms with Crippen molar-refractivity contribution in [3.63, 3.8) is 0 Å². The molecule has 0 saturated carbocycles. The first-order valence-corrected chi connectivity index (χ1v) is 17.7. The van der Waals surface area contributed by atoms with Crippen molar-refractivity contribution in [3.05, 3.63) is 140 Å². The molecule has 2 N–H and O–H groups in total. The number of ether oxygens (including phenoxy) is 2. The second-order valence-corrected chi connectivity index (χ2v) is 13.4. The van der Waals surface area contributed by atoms with E-state index in [9.17, 15) is 14.4 Å². The van der Waals surface area contributed by atoms with E-state index in [-0.39, 0.29) is 28.0 Å². The topological polar surface area (TPSA) is 141 Å². The van der Waals surface area contributed by atoms with Gasteiger partial charge in [-0.15, -0.1) is 11.3 Å². The molecular formula is C40H36N6O6S. The van der Waals surface area contributed by atoms with Gasteiger partial charge >= 0.3 is 0 Å². The van der Waals surface area contributed by atoms with Gasteiger partial charge in [-0.3, -0.25) is 28.9 Å². The predicted octanol–water partition coefficient (Wildman–Crippen LogP) is 6.90. The zero-order chi connectivity index (χ0) is 36.9. The lowest BCUT2D eigenvalue weighted by Gasteiger charge is -2.22. The van der Waals surface area contributed by atoms with Crippen LogP contribution < -0.4 is 25.5 Å². The van der Waals surface area contributed by atoms with Crippen LogP contribution in [-0.2, 0) is 26.6 Å². The third kappa shape index (κ3) is 7.96. The highest BCUT2D eigenvalue weighted by molar-refractivity contribution is 7.09. The van der Waals surface area contributed by atoms with Crippen molar-refractivity contribution in [2.24, 2.45) is 7.05 Å². The van der Waals surface area contributed by atoms with Gasteiger partial charge in [-0.1, -0.05) is 36.4 Å². The van der Waals surface area contributed by atoms with E-state index in [0.29, 0.717) is 22.6 Å². The number of nitrogens with one attached hydrogen (secondary N) is 2. The molecule has 0 aliphatic heterocycles. The number of hydrogen-bond donors (Lipinski definition) is 2. The highest BCUT2D eigenvalue weighted by atomic mass is 32.1. The largest absolute Gasteiger partial charge is 0.493 e. The van der Waals surface area contributed by atoms with E-state index in [1.54, 1.807) is 35.6 Å². The van der Waals surface area contributed by atoms with Gasteiger partial charge in [-0.05, 0) is 53.9 Å². The van der Waals surface area contributed by atoms with Crippen molar-refractivity contribution in [2.75, 3.05) is 31.4 Å². The van der Waals surface area contributed by atoms with Gasteiger partial charge < -0.3 is 24.5 Å². The highest BCUT2D eigenvalue weighted by Gasteiger charge is 2.21. The van der Waals surface area contributed by atoms with Crippen molar-refractivity contribution < 1.29 is 23.5 Å². The van der Waals surface area contributed by atoms with Crippen LogP contribution in [0.1, 0.15) is 36.9 Å². The van der Waals surface area contributed by atoms with Gasteiger partial charge in [0.05, 0.1) is 48.1 Å². The van der Waals surface area contributed by atoms with E-state index >= 15 is 0 Å². The molecule has 13 heteroatoms. The van der Waals surface area contributed by atoms with Crippen LogP contribution in [0, 0.1) is 0 Å². The van der Waals surface area contributed by atoms with Crippen LogP contribution in [0.4, 0.5) is 11.4 Å². The van der Waals surface area contributed by atoms with Crippen molar-refractivity contribution in [3.8, 4) is 11.5 Å². The fourth-order valence-corrected chi connectivity index (χ4v) is 6.75. The van der Waals surface area contributed by atoms with Gasteiger partial charge in [0.1, 0.15) is 5.58 Å². The van der Waals surface area contributed by atoms with Crippen LogP contribution in [0.15, 0.2) is 112 Å². The smallest absolute Gasteiger partial charge is 0.291 e. The fraction of sp³-hybridized carbons (Fsp3) is 0.175. The van der Waals surface area contributed by atoms with Crippen LogP contribution in [0.2, 0.25) is 0 Å². The number of hydrogen-bond acceptors (Lipinski definition) is 10. The number of thiazole rings is 1. The summed E-state index contributed by atoms with van der Waals surface area (Å²) in [5.74, 6) is -0.807. The molecule has 3 heterocycles. The molecule has 7 rings (SSSR count). The molecule has 0 unspecified atom stereocenters. The summed E-state index contributed by atoms with van der Waals surface area (Å²) in [5, 5.41) is 11.5. The summed E-state index contributed by atoms with van der Waals surface area (Å²) in [4.78, 5) is 47.5. The van der Waals surface area contributed by atoms with E-state index in [1.165, 1.54) is 36.8 Å². The number of fused-ring (bicyclic) bond motifs is 2. The van der Waals surface area contributed by atoms with Crippen LogP contribution >= 0.6 is 11.3 Å². The van der Waals surface area contributed by atoms with Crippen molar-refractivity contribution in [2.45, 2.75) is 19.5 Å². The third-order valence-corrected chi connectivity index (χ3v) is 9.65. The van der Waals surface area contributed by atoms with Gasteiger partial charge in [0.15, 0.2) is 22.7 Å². The minimum absolute atomic E-state index is 0.117. The number of carbonyl (C=O) groups excluding carboxylic acids is 2. The number of rotatable bonds is 13. The summed E-state index contributed by atoms with van der Waals surface area (Å²) < 4.78 is 18.5. The molecular weight excluding hydrogens is 693 g/mol. The Labute approximate surface area is 308 Å². The van der Waals surface area contributed by atoms with Crippen molar-refractivity contribution in [1.82, 2.24) is 19.7 Å². The van der Waals surface area contributed by atoms with Gasteiger partial charge in [0, 0.05) is 61.0 Å². The number of amides is 2. The number of nitrogens with zero attached hydrogens (tertiary/aromatic N) is 4. The maximum atomic E-state index is 13.7. The van der Waals surface area contributed by atoms with Crippen LogP contribution in [-0.4, -0.2) is 52.2 Å². The molecule has 53 heavy (non-hydrogen) atoms. The molecule has 0 spiro atoms. The second kappa shape index (κ2) is 15.5. The molecule has 0 aliphatic carbocycles. The molecule has 7 aromatic rings. The van der Waals surface area contributed by atoms with Crippen molar-refractivity contribution in [1.29, 1.82) is 0 Å². The van der Waals surface area contributed by atoms with E-state index < -0.39 is 11.8 Å². The number of aryl methyl sites for hydroxylation is 1. The van der Waals surface area contributed by atoms with Gasteiger partial charge in [0.2, 0.25) is 0 Å². The molecule has 0 aliphatic rings. The number of benzene rings is 4. The predicted molar refractivity (Wildman–Crippen MR) is 205 cm³/mol. The zero-order valence-corrected chi connectivity index (χ0v) is 30.1. The summed E-state index contributed by atoms with van der Waals surface area (Å²) in [6.45, 7) is 2.35. The first kappa shape index (κ1) is 35.1. The normalized spacial score (nSPS) is 11.2. The number of aromatic nitrogens is 3. The first-order chi connectivity index (χ1) is 25.8. The Morgan fingerprint density at radius 2 is 1.64 bits per heavy atom. The van der Waals surface area contributed by atoms with E-state index in [0.717, 1.165) is 48.6 Å². The summed E-state index contributed by atoms with van der Waals surface area (Å²) in [6.07, 6.45) is 4.58. The Bertz CT molecular complexity index is 2480. The van der Waals surface area contributed by atoms with Gasteiger partial charge in [-0.25, -0.2) is 0 Å². The first-order valence-electron chi connectivity index (χ1n) is 16.8. The minimum Gasteiger partial charge on any atom is -0.493 e. The maximum Gasteiger partial charge on any atom is 0.291 e. The molecule has 268 valence electrons. The Kier molecular flexibility index (Phi) is 10.3. The van der Waals surface area contributed by atoms with Crippen LogP contribution in [0.5, 0.6) is 11.5 Å². The van der Waals surface area contributed by atoms with Crippen molar-refractivity contribution >= 4 is 56.4 Å². The molecule has 4 aromatic carbocycles. The van der Waals surface area contributed by atoms with Gasteiger partial charge in [0.25, 0.3) is 11.8 Å². The van der Waals surface area contributed by atoms with E-state index in [4.69, 9.17) is 13.9 Å². The maximum absolute atomic E-state index is 13.7. The lowest BCUT2D eigenvalue weighted by Crippen LogP contribution is -2.25. The lowest BCUT2D eigenvalue weighted by atomic mass is 10.1. The Morgan fingerprint density at radius 1 is 0.868 bits per heavy atom. The molecule has 12 nitrogen and oxygen atoms in total. The number of anilines is 2. The third-order valence-electron chi connectivity index (χ3n) is 8.89. The summed E-state index contributed by atoms with van der Waals surface area (Å²) in [6, 6.07) is 24.9. The number of carbonyl (C=O) groups is 2. The standard InChI is InChI=1S/C40H36N6O6S/c1-45-33-16-26(8-11-27(33)20-42-45)22-46(23-29-21-41-24-53-29)15-14-25-9-12-28(13-10-25)43-39(48)31-17-36(50-2)37(51-3)18-32(31)44-40(49)38-19-34(47)30-6-4-5-7-35(30)52-38/h4-13,16-21,24H,14-15,22-23H2,1-3H3,(H,43,48)(H,44,49). The molecule has 0 bridgehead atoms. The fourth-order valence-electron chi connectivity index (χ4n) is 6.11. The van der Waals surface area contributed by atoms with E-state index in [2.05, 4.69) is 43.8 Å². The summed E-state index contributed by atoms with van der Waals surface area (Å²) >= 11 is 1.64. The average Bonchev–Trinajstić information content (AvgIpc) is 3.83. The number of para-hydroxylation sites is 1. The molecule has 3 aromatic heterocycles. The molecule has 0 radical (unpaired) electrons.